The molecule has 88 heavy (non-hydrogen) atoms. The van der Waals surface area contributed by atoms with Crippen LogP contribution in [0.4, 0.5) is 22.7 Å². The van der Waals surface area contributed by atoms with Crippen LogP contribution < -0.4 is 0 Å². The van der Waals surface area contributed by atoms with Crippen molar-refractivity contribution in [1.29, 1.82) is 0 Å². The van der Waals surface area contributed by atoms with E-state index in [9.17, 15) is 0 Å². The third kappa shape index (κ3) is 12.7. The molecule has 448 valence electrons. The van der Waals surface area contributed by atoms with Gasteiger partial charge in [0.1, 0.15) is 0 Å². The number of benzene rings is 8. The molecule has 8 aromatic carbocycles. The quantitative estimate of drug-likeness (QED) is 0.0926. The highest BCUT2D eigenvalue weighted by atomic mass is 14.8. The van der Waals surface area contributed by atoms with Gasteiger partial charge in [0.15, 0.2) is 0 Å². The molecule has 4 heteroatoms. The fraction of sp³-hybridized carbons (Fsp3) is 0.381. The first-order valence-electron chi connectivity index (χ1n) is 33.6. The van der Waals surface area contributed by atoms with Crippen LogP contribution in [0, 0.1) is 23.7 Å². The molecule has 0 unspecified atom stereocenters. The van der Waals surface area contributed by atoms with Crippen LogP contribution in [0.1, 0.15) is 170 Å². The fourth-order valence-electron chi connectivity index (χ4n) is 15.2. The Bertz CT molecular complexity index is 3310. The second-order valence-corrected chi connectivity index (χ2v) is 29.4. The number of hydrogen-bond donors (Lipinski definition) is 0. The van der Waals surface area contributed by atoms with Crippen molar-refractivity contribution in [3.05, 3.63) is 259 Å². The van der Waals surface area contributed by atoms with Gasteiger partial charge in [0, 0.05) is 46.5 Å². The average Bonchev–Trinajstić information content (AvgIpc) is 1.67. The van der Waals surface area contributed by atoms with Gasteiger partial charge in [-0.2, -0.15) is 0 Å². The molecule has 0 saturated carbocycles. The maximum atomic E-state index is 5.41. The van der Waals surface area contributed by atoms with E-state index < -0.39 is 0 Å². The molecule has 8 aromatic rings. The summed E-state index contributed by atoms with van der Waals surface area (Å²) in [5.74, 6) is 2.69. The van der Waals surface area contributed by atoms with E-state index in [0.717, 1.165) is 99.8 Å². The summed E-state index contributed by atoms with van der Waals surface area (Å²) in [6.07, 6.45) is 25.6. The molecular formula is C84H92N4. The Kier molecular flexibility index (Phi) is 16.7. The second kappa shape index (κ2) is 24.8. The summed E-state index contributed by atoms with van der Waals surface area (Å²) >= 11 is 0. The van der Waals surface area contributed by atoms with Crippen LogP contribution in [0.25, 0.3) is 0 Å². The molecule has 0 spiro atoms. The van der Waals surface area contributed by atoms with Crippen molar-refractivity contribution in [2.75, 3.05) is 0 Å². The SMILES string of the molecule is CC(C)CCc1ccc(C23C=Nc4ccc(cc4)N=CC4(c5ccc(CCC(C)C)cc5)Cc5cc6c(cc5C4)CC(c4ccc(CCC(C)C)cc4)(C=Nc4ccc(cc4)N=CC4(c5ccc(CCC(C)C)cc5)Cc5cc(c(cc5C4)C2)C3)C6)cc1. The molecule has 0 fully saturated rings. The van der Waals surface area contributed by atoms with Crippen LogP contribution in [0.5, 0.6) is 0 Å². The van der Waals surface area contributed by atoms with Crippen LogP contribution in [-0.2, 0) is 98.7 Å². The summed E-state index contributed by atoms with van der Waals surface area (Å²) < 4.78 is 0. The summed E-state index contributed by atoms with van der Waals surface area (Å²) in [7, 11) is 0. The third-order valence-corrected chi connectivity index (χ3v) is 20.8. The normalized spacial score (nSPS) is 21.6. The van der Waals surface area contributed by atoms with Crippen molar-refractivity contribution in [3.63, 3.8) is 0 Å². The molecule has 0 radical (unpaired) electrons. The Morgan fingerprint density at radius 3 is 0.580 bits per heavy atom. The molecule has 0 N–H and O–H groups in total. The van der Waals surface area contributed by atoms with Crippen molar-refractivity contribution in [2.45, 2.75) is 180 Å². The van der Waals surface area contributed by atoms with E-state index >= 15 is 0 Å². The Morgan fingerprint density at radius 2 is 0.420 bits per heavy atom. The minimum absolute atomic E-state index is 0.278. The minimum atomic E-state index is -0.278. The fourth-order valence-corrected chi connectivity index (χ4v) is 15.2. The number of aryl methyl sites for hydroxylation is 4. The van der Waals surface area contributed by atoms with Gasteiger partial charge in [0.2, 0.25) is 0 Å². The zero-order chi connectivity index (χ0) is 60.6. The first-order valence-corrected chi connectivity index (χ1v) is 33.6. The van der Waals surface area contributed by atoms with Crippen molar-refractivity contribution >= 4 is 47.6 Å². The predicted molar refractivity (Wildman–Crippen MR) is 373 cm³/mol. The summed E-state index contributed by atoms with van der Waals surface area (Å²) in [6.45, 7) is 18.6. The van der Waals surface area contributed by atoms with Crippen molar-refractivity contribution in [3.8, 4) is 0 Å². The van der Waals surface area contributed by atoms with Gasteiger partial charge in [-0.3, -0.25) is 20.0 Å². The summed E-state index contributed by atoms with van der Waals surface area (Å²) in [6, 6.07) is 65.9. The summed E-state index contributed by atoms with van der Waals surface area (Å²) in [4.78, 5) is 21.6. The monoisotopic (exact) mass is 1160 g/mol. The molecule has 4 nitrogen and oxygen atoms in total. The van der Waals surface area contributed by atoms with Crippen molar-refractivity contribution in [1.82, 2.24) is 0 Å². The van der Waals surface area contributed by atoms with E-state index in [-0.39, 0.29) is 21.7 Å². The maximum Gasteiger partial charge on any atom is 0.0627 e. The molecule has 10 aliphatic heterocycles. The van der Waals surface area contributed by atoms with Crippen LogP contribution in [0.2, 0.25) is 0 Å². The third-order valence-electron chi connectivity index (χ3n) is 20.8. The van der Waals surface area contributed by atoms with Gasteiger partial charge in [-0.15, -0.1) is 0 Å². The van der Waals surface area contributed by atoms with Gasteiger partial charge in [-0.1, -0.05) is 177 Å². The zero-order valence-electron chi connectivity index (χ0n) is 53.9. The standard InChI is InChI=1S/C84H92N4/c1-57(2)9-13-61-17-25-73(26-18-61)81-45-65-41-67-47-82(48-68(67)42-66(65)46-81,74-27-19-62(20-28-74)14-10-58(3)4)54-87-79-37-39-80(40-38-79)88-56-84(76-31-23-64(24-32-76)16-12-60(7)8)51-71-43-69-49-83(50-70(69)44-72(71)52-84,55-86-78-35-33-77(34-36-78)85-53-81)75-29-21-63(22-30-75)15-11-59(5)6/h17-44,53-60H,9-16,45-52H2,1-8H3. The van der Waals surface area contributed by atoms with E-state index in [4.69, 9.17) is 20.0 Å². The molecule has 22 rings (SSSR count). The Hall–Kier alpha value is -7.56. The molecule has 0 aromatic heterocycles. The molecule has 14 aliphatic rings. The lowest BCUT2D eigenvalue weighted by Gasteiger charge is -2.26. The lowest BCUT2D eigenvalue weighted by Crippen LogP contribution is -2.29. The van der Waals surface area contributed by atoms with E-state index in [2.05, 4.69) is 250 Å². The van der Waals surface area contributed by atoms with Crippen molar-refractivity contribution < 1.29 is 0 Å². The van der Waals surface area contributed by atoms with Crippen LogP contribution in [0.15, 0.2) is 190 Å². The number of rotatable bonds is 16. The smallest absolute Gasteiger partial charge is 0.0627 e. The molecule has 10 heterocycles. The molecule has 0 amide bonds. The number of hydrogen-bond acceptors (Lipinski definition) is 4. The topological polar surface area (TPSA) is 49.4 Å². The number of aliphatic imine (C=N–C) groups is 4. The second-order valence-electron chi connectivity index (χ2n) is 29.4. The lowest BCUT2D eigenvalue weighted by atomic mass is 9.77. The predicted octanol–water partition coefficient (Wildman–Crippen LogP) is 20.1. The largest absolute Gasteiger partial charge is 0.260 e. The van der Waals surface area contributed by atoms with Gasteiger partial charge >= 0.3 is 0 Å². The minimum Gasteiger partial charge on any atom is -0.260 e. The highest BCUT2D eigenvalue weighted by Crippen LogP contribution is 2.48. The summed E-state index contributed by atoms with van der Waals surface area (Å²) in [5.41, 5.74) is 25.2. The summed E-state index contributed by atoms with van der Waals surface area (Å²) in [5, 5.41) is 0. The van der Waals surface area contributed by atoms with E-state index in [1.807, 2.05) is 0 Å². The van der Waals surface area contributed by atoms with Gasteiger partial charge in [-0.25, -0.2) is 0 Å². The Balaban J connectivity index is 0.897. The maximum absolute atomic E-state index is 5.41. The van der Waals surface area contributed by atoms with E-state index in [1.165, 1.54) is 115 Å². The zero-order valence-corrected chi connectivity index (χ0v) is 53.9. The highest BCUT2D eigenvalue weighted by molar-refractivity contribution is 5.84. The molecule has 0 atom stereocenters. The molecule has 4 aliphatic carbocycles. The average molecular weight is 1160 g/mol. The molecule has 0 saturated heterocycles. The first-order chi connectivity index (χ1) is 42.6. The highest BCUT2D eigenvalue weighted by Gasteiger charge is 2.45. The lowest BCUT2D eigenvalue weighted by molar-refractivity contribution is 0.585. The Labute approximate surface area is 527 Å². The van der Waals surface area contributed by atoms with Crippen LogP contribution in [0.3, 0.4) is 0 Å². The number of nitrogens with zero attached hydrogens (tertiary/aromatic N) is 4. The van der Waals surface area contributed by atoms with Crippen molar-refractivity contribution in [2.24, 2.45) is 43.6 Å². The Morgan fingerprint density at radius 1 is 0.250 bits per heavy atom. The van der Waals surface area contributed by atoms with Crippen LogP contribution in [-0.4, -0.2) is 24.9 Å². The van der Waals surface area contributed by atoms with Gasteiger partial charge in [0.25, 0.3) is 0 Å². The van der Waals surface area contributed by atoms with Gasteiger partial charge in [-0.05, 0) is 264 Å². The molecule has 16 bridgehead atoms. The van der Waals surface area contributed by atoms with E-state index in [1.54, 1.807) is 0 Å². The van der Waals surface area contributed by atoms with Gasteiger partial charge in [0.05, 0.1) is 22.7 Å². The van der Waals surface area contributed by atoms with E-state index in [0.29, 0.717) is 23.7 Å². The van der Waals surface area contributed by atoms with Gasteiger partial charge < -0.3 is 0 Å². The van der Waals surface area contributed by atoms with Crippen LogP contribution >= 0.6 is 0 Å². The molecular weight excluding hydrogens is 1060 g/mol. The first kappa shape index (κ1) is 59.4.